The summed E-state index contributed by atoms with van der Waals surface area (Å²) < 4.78 is 92.6. The summed E-state index contributed by atoms with van der Waals surface area (Å²) in [6.07, 6.45) is -13.2. The first kappa shape index (κ1) is 67.6. The second-order valence-corrected chi connectivity index (χ2v) is 23.9. The molecule has 0 aliphatic carbocycles. The minimum Gasteiger partial charge on any atom is -0.387 e. The number of hydrogen-bond acceptors (Lipinski definition) is 15. The van der Waals surface area contributed by atoms with Gasteiger partial charge in [0.05, 0.1) is 72.2 Å². The fourth-order valence-electron chi connectivity index (χ4n) is 12.0. The van der Waals surface area contributed by atoms with E-state index in [1.165, 1.54) is 0 Å². The standard InChI is InChI=1S/C78H88O15/c1-2-3-12-45-64-69(83-48-58-33-17-6-18-34-58)72(85-50-60-37-21-8-22-38-60)74(86-51-61-39-23-9-24-40-61)78(89-64)93-73-70(92-77-71(84-49-59-35-19-7-20-36-59)68(80)67(79)65(90-77)54-81-46-56-29-13-4-14-30-56)66(55-82-47-57-31-15-5-16-32-57)91-76(88-53-63-43-27-11-28-44-63)75(73)87-52-62-41-25-10-26-42-62/h4-11,13-44,64-80H,2-3,12,45-55H2,1H3/t64-,65+,66+,67-,68-,69+,70+,71+,72+,73-,74-,75+,76+,77-,78-/m0/s1. The third-order valence-electron chi connectivity index (χ3n) is 17.0. The molecule has 0 amide bonds. The third kappa shape index (κ3) is 19.9. The molecular weight excluding hydrogens is 1180 g/mol. The van der Waals surface area contributed by atoms with E-state index in [0.29, 0.717) is 6.42 Å². The Labute approximate surface area is 547 Å². The SMILES string of the molecule is CCCCC[C@@H]1O[C@@H](O[C@@H]2[C@@H](OCc3ccccc3)[C@H](OCc3ccccc3)O[C@H](COCc3ccccc3)[C@H]2O[C@@H]2O[C@H](COCc3ccccc3)[C@H](O)[C@H](O)[C@H]2OCc2ccccc2)[C@@H](OCc2ccccc2)[C@H](OCc2ccccc2)[C@@H]1OCc1ccccc1. The van der Waals surface area contributed by atoms with Crippen molar-refractivity contribution in [2.24, 2.45) is 0 Å². The Morgan fingerprint density at radius 3 is 1.01 bits per heavy atom. The van der Waals surface area contributed by atoms with E-state index < -0.39 is 92.1 Å². The lowest BCUT2D eigenvalue weighted by Gasteiger charge is -2.51. The van der Waals surface area contributed by atoms with E-state index in [0.717, 1.165) is 63.8 Å². The Hall–Kier alpha value is -6.84. The molecule has 15 atom stereocenters. The van der Waals surface area contributed by atoms with Crippen LogP contribution in [-0.2, 0) is 114 Å². The fourth-order valence-corrected chi connectivity index (χ4v) is 12.0. The molecule has 11 rings (SSSR count). The molecule has 0 radical (unpaired) electrons. The zero-order valence-corrected chi connectivity index (χ0v) is 52.9. The first-order valence-corrected chi connectivity index (χ1v) is 32.7. The molecular formula is C78H88O15. The Balaban J connectivity index is 1.03. The van der Waals surface area contributed by atoms with Crippen molar-refractivity contribution in [2.75, 3.05) is 13.2 Å². The van der Waals surface area contributed by atoms with E-state index in [-0.39, 0.29) is 66.1 Å². The van der Waals surface area contributed by atoms with Crippen molar-refractivity contribution in [1.82, 2.24) is 0 Å². The number of unbranched alkanes of at least 4 members (excludes halogenated alkanes) is 2. The predicted octanol–water partition coefficient (Wildman–Crippen LogP) is 12.8. The van der Waals surface area contributed by atoms with Gasteiger partial charge in [-0.15, -0.1) is 0 Å². The average Bonchev–Trinajstić information content (AvgIpc) is 0.779. The summed E-state index contributed by atoms with van der Waals surface area (Å²) in [6.45, 7) is 3.44. The van der Waals surface area contributed by atoms with E-state index in [2.05, 4.69) is 19.1 Å². The van der Waals surface area contributed by atoms with Gasteiger partial charge in [0, 0.05) is 0 Å². The highest BCUT2D eigenvalue weighted by molar-refractivity contribution is 5.20. The van der Waals surface area contributed by atoms with Gasteiger partial charge in [0.15, 0.2) is 18.9 Å². The zero-order valence-electron chi connectivity index (χ0n) is 52.9. The largest absolute Gasteiger partial charge is 0.387 e. The molecule has 3 aliphatic heterocycles. The highest BCUT2D eigenvalue weighted by Crippen LogP contribution is 2.40. The van der Waals surface area contributed by atoms with Crippen molar-refractivity contribution in [3.8, 4) is 0 Å². The lowest BCUT2D eigenvalue weighted by Crippen LogP contribution is -2.68. The number of aliphatic hydroxyl groups is 2. The minimum absolute atomic E-state index is 0.0459. The van der Waals surface area contributed by atoms with Crippen LogP contribution in [0.2, 0.25) is 0 Å². The molecule has 0 bridgehead atoms. The van der Waals surface area contributed by atoms with Crippen LogP contribution >= 0.6 is 0 Å². The van der Waals surface area contributed by atoms with Gasteiger partial charge in [0.1, 0.15) is 67.1 Å². The number of ether oxygens (including phenoxy) is 13. The number of aliphatic hydroxyl groups excluding tert-OH is 2. The molecule has 0 aromatic heterocycles. The molecule has 93 heavy (non-hydrogen) atoms. The third-order valence-corrected chi connectivity index (χ3v) is 17.0. The molecule has 15 nitrogen and oxygen atoms in total. The van der Waals surface area contributed by atoms with Crippen LogP contribution in [-0.4, -0.2) is 116 Å². The maximum atomic E-state index is 12.5. The molecule has 8 aromatic rings. The molecule has 2 N–H and O–H groups in total. The predicted molar refractivity (Wildman–Crippen MR) is 350 cm³/mol. The van der Waals surface area contributed by atoms with Crippen LogP contribution < -0.4 is 0 Å². The Morgan fingerprint density at radius 2 is 0.591 bits per heavy atom. The summed E-state index contributed by atoms with van der Waals surface area (Å²) in [4.78, 5) is 0. The Morgan fingerprint density at radius 1 is 0.280 bits per heavy atom. The first-order valence-electron chi connectivity index (χ1n) is 32.7. The maximum absolute atomic E-state index is 12.5. The monoisotopic (exact) mass is 1260 g/mol. The van der Waals surface area contributed by atoms with Gasteiger partial charge in [-0.2, -0.15) is 0 Å². The zero-order chi connectivity index (χ0) is 63.7. The molecule has 490 valence electrons. The van der Waals surface area contributed by atoms with Gasteiger partial charge in [-0.3, -0.25) is 0 Å². The second kappa shape index (κ2) is 36.2. The Bertz CT molecular complexity index is 3290. The van der Waals surface area contributed by atoms with Gasteiger partial charge in [0.25, 0.3) is 0 Å². The summed E-state index contributed by atoms with van der Waals surface area (Å²) in [5.41, 5.74) is 7.35. The van der Waals surface area contributed by atoms with Crippen molar-refractivity contribution in [2.45, 2.75) is 178 Å². The Kier molecular flexibility index (Phi) is 26.3. The first-order chi connectivity index (χ1) is 45.9. The molecule has 3 heterocycles. The summed E-state index contributed by atoms with van der Waals surface area (Å²) in [7, 11) is 0. The highest BCUT2D eigenvalue weighted by Gasteiger charge is 2.57. The molecule has 3 saturated heterocycles. The lowest BCUT2D eigenvalue weighted by molar-refractivity contribution is -0.398. The van der Waals surface area contributed by atoms with E-state index in [9.17, 15) is 10.2 Å². The number of rotatable bonds is 34. The van der Waals surface area contributed by atoms with Crippen LogP contribution in [0.3, 0.4) is 0 Å². The summed E-state index contributed by atoms with van der Waals surface area (Å²) in [5.74, 6) is 0. The van der Waals surface area contributed by atoms with Crippen LogP contribution in [0.15, 0.2) is 243 Å². The number of benzene rings is 8. The van der Waals surface area contributed by atoms with Crippen molar-refractivity contribution in [3.05, 3.63) is 287 Å². The van der Waals surface area contributed by atoms with Gasteiger partial charge < -0.3 is 71.8 Å². The smallest absolute Gasteiger partial charge is 0.187 e. The fraction of sp³-hybridized carbons (Fsp3) is 0.385. The molecule has 0 unspecified atom stereocenters. The number of hydrogen-bond donors (Lipinski definition) is 2. The van der Waals surface area contributed by atoms with Gasteiger partial charge in [-0.1, -0.05) is 269 Å². The average molecular weight is 1270 g/mol. The van der Waals surface area contributed by atoms with E-state index in [1.54, 1.807) is 0 Å². The van der Waals surface area contributed by atoms with Gasteiger partial charge >= 0.3 is 0 Å². The van der Waals surface area contributed by atoms with Crippen LogP contribution in [0.1, 0.15) is 77.1 Å². The summed E-state index contributed by atoms with van der Waals surface area (Å²) >= 11 is 0. The second-order valence-electron chi connectivity index (χ2n) is 23.9. The molecule has 3 fully saturated rings. The minimum atomic E-state index is -1.53. The van der Waals surface area contributed by atoms with E-state index in [1.807, 2.05) is 231 Å². The molecule has 15 heteroatoms. The summed E-state index contributed by atoms with van der Waals surface area (Å²) in [5, 5.41) is 24.5. The molecule has 0 spiro atoms. The van der Waals surface area contributed by atoms with Crippen molar-refractivity contribution >= 4 is 0 Å². The van der Waals surface area contributed by atoms with Crippen LogP contribution in [0.25, 0.3) is 0 Å². The van der Waals surface area contributed by atoms with Gasteiger partial charge in [-0.25, -0.2) is 0 Å². The quantitative estimate of drug-likeness (QED) is 0.0366. The maximum Gasteiger partial charge on any atom is 0.187 e. The van der Waals surface area contributed by atoms with Crippen molar-refractivity contribution in [1.29, 1.82) is 0 Å². The van der Waals surface area contributed by atoms with Gasteiger partial charge in [0.2, 0.25) is 0 Å². The van der Waals surface area contributed by atoms with Crippen LogP contribution in [0.5, 0.6) is 0 Å². The lowest BCUT2D eigenvalue weighted by atomic mass is 9.93. The molecule has 3 aliphatic rings. The van der Waals surface area contributed by atoms with Crippen molar-refractivity contribution in [3.63, 3.8) is 0 Å². The topological polar surface area (TPSA) is 160 Å². The normalized spacial score (nSPS) is 26.4. The summed E-state index contributed by atoms with van der Waals surface area (Å²) in [6, 6.07) is 79.1. The molecule has 8 aromatic carbocycles. The van der Waals surface area contributed by atoms with Gasteiger partial charge in [-0.05, 0) is 50.9 Å². The van der Waals surface area contributed by atoms with Crippen LogP contribution in [0, 0.1) is 0 Å². The van der Waals surface area contributed by atoms with E-state index >= 15 is 0 Å². The van der Waals surface area contributed by atoms with Crippen molar-refractivity contribution < 1.29 is 71.8 Å². The van der Waals surface area contributed by atoms with Crippen LogP contribution in [0.4, 0.5) is 0 Å². The molecule has 0 saturated carbocycles. The van der Waals surface area contributed by atoms with E-state index in [4.69, 9.17) is 61.6 Å². The highest BCUT2D eigenvalue weighted by atomic mass is 16.8.